The molecule has 1 aliphatic carbocycles. The van der Waals surface area contributed by atoms with Crippen molar-refractivity contribution < 1.29 is 9.53 Å². The van der Waals surface area contributed by atoms with Crippen LogP contribution in [0.2, 0.25) is 0 Å². The summed E-state index contributed by atoms with van der Waals surface area (Å²) in [4.78, 5) is 13.2. The summed E-state index contributed by atoms with van der Waals surface area (Å²) in [6, 6.07) is 0. The number of nitrogens with zero attached hydrogens (tertiary/aromatic N) is 1. The summed E-state index contributed by atoms with van der Waals surface area (Å²) in [5, 5.41) is 3.18. The monoisotopic (exact) mass is 280 g/mol. The molecule has 0 atom stereocenters. The van der Waals surface area contributed by atoms with E-state index in [0.717, 1.165) is 26.2 Å². The third-order valence-electron chi connectivity index (χ3n) is 3.36. The van der Waals surface area contributed by atoms with Crippen molar-refractivity contribution in [3.05, 3.63) is 0 Å². The standard InChI is InChI=1S/C9H18N2O2.C7H10/c1-9(2,3)13-8(12)11-6-4-10-5-7-11;1-2-7-5-3-4-6-7/h10H,4-7H2,1-3H3;1,7H,3-6H2. The minimum Gasteiger partial charge on any atom is -0.444 e. The molecule has 0 aromatic rings. The number of carbonyl (C=O) groups excluding carboxylic acids is 1. The van der Waals surface area contributed by atoms with Crippen molar-refractivity contribution in [1.29, 1.82) is 0 Å². The number of terminal acetylenes is 1. The molecule has 1 saturated heterocycles. The predicted molar refractivity (Wildman–Crippen MR) is 81.5 cm³/mol. The van der Waals surface area contributed by atoms with E-state index in [1.165, 1.54) is 25.7 Å². The SMILES string of the molecule is C#CC1CCCC1.CC(C)(C)OC(=O)N1CCNCC1. The van der Waals surface area contributed by atoms with Crippen LogP contribution >= 0.6 is 0 Å². The number of nitrogens with one attached hydrogen (secondary N) is 1. The van der Waals surface area contributed by atoms with Crippen LogP contribution in [-0.2, 0) is 4.74 Å². The van der Waals surface area contributed by atoms with Crippen LogP contribution in [0.1, 0.15) is 46.5 Å². The lowest BCUT2D eigenvalue weighted by molar-refractivity contribution is 0.0229. The molecule has 0 aromatic carbocycles. The van der Waals surface area contributed by atoms with Gasteiger partial charge in [0, 0.05) is 32.1 Å². The summed E-state index contributed by atoms with van der Waals surface area (Å²) in [7, 11) is 0. The maximum Gasteiger partial charge on any atom is 0.410 e. The molecule has 2 aliphatic rings. The predicted octanol–water partition coefficient (Wildman–Crippen LogP) is 2.64. The molecule has 2 fully saturated rings. The van der Waals surface area contributed by atoms with E-state index in [0.29, 0.717) is 5.92 Å². The fourth-order valence-corrected chi connectivity index (χ4v) is 2.27. The highest BCUT2D eigenvalue weighted by molar-refractivity contribution is 5.68. The lowest BCUT2D eigenvalue weighted by Crippen LogP contribution is -2.48. The molecule has 4 heteroatoms. The van der Waals surface area contributed by atoms with Crippen molar-refractivity contribution in [3.63, 3.8) is 0 Å². The molecular weight excluding hydrogens is 252 g/mol. The maximum atomic E-state index is 11.5. The molecular formula is C16H28N2O2. The quantitative estimate of drug-likeness (QED) is 0.694. The minimum atomic E-state index is -0.387. The van der Waals surface area contributed by atoms with Crippen LogP contribution in [0.15, 0.2) is 0 Å². The number of ether oxygens (including phenoxy) is 1. The van der Waals surface area contributed by atoms with E-state index < -0.39 is 0 Å². The van der Waals surface area contributed by atoms with Gasteiger partial charge in [-0.2, -0.15) is 0 Å². The lowest BCUT2D eigenvalue weighted by atomic mass is 10.1. The molecule has 0 aromatic heterocycles. The van der Waals surface area contributed by atoms with Gasteiger partial charge in [0.05, 0.1) is 0 Å². The number of hydrogen-bond acceptors (Lipinski definition) is 3. The molecule has 20 heavy (non-hydrogen) atoms. The van der Waals surface area contributed by atoms with Crippen LogP contribution in [-0.4, -0.2) is 42.8 Å². The average Bonchev–Trinajstić information content (AvgIpc) is 2.92. The van der Waals surface area contributed by atoms with Crippen molar-refractivity contribution in [1.82, 2.24) is 10.2 Å². The summed E-state index contributed by atoms with van der Waals surface area (Å²) in [5.41, 5.74) is -0.387. The number of amides is 1. The summed E-state index contributed by atoms with van der Waals surface area (Å²) in [6.45, 7) is 8.86. The van der Waals surface area contributed by atoms with Gasteiger partial charge < -0.3 is 15.0 Å². The molecule has 2 rings (SSSR count). The van der Waals surface area contributed by atoms with Crippen molar-refractivity contribution in [3.8, 4) is 12.3 Å². The molecule has 0 bridgehead atoms. The van der Waals surface area contributed by atoms with E-state index >= 15 is 0 Å². The first-order chi connectivity index (χ1) is 9.42. The average molecular weight is 280 g/mol. The van der Waals surface area contributed by atoms with Crippen LogP contribution in [0.5, 0.6) is 0 Å². The Hall–Kier alpha value is -1.21. The van der Waals surface area contributed by atoms with Crippen LogP contribution in [0.3, 0.4) is 0 Å². The Balaban J connectivity index is 0.000000240. The van der Waals surface area contributed by atoms with Crippen LogP contribution in [0, 0.1) is 18.3 Å². The van der Waals surface area contributed by atoms with Crippen LogP contribution < -0.4 is 5.32 Å². The Morgan fingerprint density at radius 3 is 2.20 bits per heavy atom. The van der Waals surface area contributed by atoms with Gasteiger partial charge in [0.25, 0.3) is 0 Å². The van der Waals surface area contributed by atoms with Gasteiger partial charge in [-0.3, -0.25) is 0 Å². The minimum absolute atomic E-state index is 0.200. The van der Waals surface area contributed by atoms with Gasteiger partial charge in [-0.1, -0.05) is 12.8 Å². The van der Waals surface area contributed by atoms with Gasteiger partial charge in [0.1, 0.15) is 5.60 Å². The Morgan fingerprint density at radius 1 is 1.25 bits per heavy atom. The fraction of sp³-hybridized carbons (Fsp3) is 0.812. The van der Waals surface area contributed by atoms with E-state index in [4.69, 9.17) is 11.2 Å². The smallest absolute Gasteiger partial charge is 0.410 e. The van der Waals surface area contributed by atoms with Crippen molar-refractivity contribution in [2.45, 2.75) is 52.1 Å². The zero-order chi connectivity index (χ0) is 15.0. The number of rotatable bonds is 0. The Bertz CT molecular complexity index is 329. The zero-order valence-corrected chi connectivity index (χ0v) is 13.1. The first-order valence-corrected chi connectivity index (χ1v) is 7.57. The molecule has 1 N–H and O–H groups in total. The van der Waals surface area contributed by atoms with E-state index in [1.807, 2.05) is 20.8 Å². The maximum absolute atomic E-state index is 11.5. The van der Waals surface area contributed by atoms with Crippen molar-refractivity contribution >= 4 is 6.09 Å². The highest BCUT2D eigenvalue weighted by Gasteiger charge is 2.22. The fourth-order valence-electron chi connectivity index (χ4n) is 2.27. The molecule has 0 radical (unpaired) electrons. The van der Waals surface area contributed by atoms with Gasteiger partial charge in [-0.25, -0.2) is 4.79 Å². The zero-order valence-electron chi connectivity index (χ0n) is 13.1. The summed E-state index contributed by atoms with van der Waals surface area (Å²) >= 11 is 0. The first kappa shape index (κ1) is 16.8. The lowest BCUT2D eigenvalue weighted by Gasteiger charge is -2.30. The van der Waals surface area contributed by atoms with Crippen molar-refractivity contribution in [2.75, 3.05) is 26.2 Å². The van der Waals surface area contributed by atoms with Gasteiger partial charge in [-0.05, 0) is 33.6 Å². The molecule has 1 heterocycles. The van der Waals surface area contributed by atoms with E-state index in [1.54, 1.807) is 4.90 Å². The number of hydrogen-bond donors (Lipinski definition) is 1. The second kappa shape index (κ2) is 8.16. The van der Waals surface area contributed by atoms with Crippen LogP contribution in [0.4, 0.5) is 4.79 Å². The first-order valence-electron chi connectivity index (χ1n) is 7.57. The molecule has 1 amide bonds. The van der Waals surface area contributed by atoms with Gasteiger partial charge in [0.15, 0.2) is 0 Å². The van der Waals surface area contributed by atoms with Crippen molar-refractivity contribution in [2.24, 2.45) is 5.92 Å². The van der Waals surface area contributed by atoms with Crippen LogP contribution in [0.25, 0.3) is 0 Å². The summed E-state index contributed by atoms with van der Waals surface area (Å²) < 4.78 is 5.24. The molecule has 114 valence electrons. The van der Waals surface area contributed by atoms with Gasteiger partial charge in [-0.15, -0.1) is 12.3 Å². The molecule has 4 nitrogen and oxygen atoms in total. The van der Waals surface area contributed by atoms with E-state index in [-0.39, 0.29) is 11.7 Å². The third kappa shape index (κ3) is 6.81. The summed E-state index contributed by atoms with van der Waals surface area (Å²) in [6.07, 6.45) is 10.2. The van der Waals surface area contributed by atoms with Gasteiger partial charge >= 0.3 is 6.09 Å². The largest absolute Gasteiger partial charge is 0.444 e. The topological polar surface area (TPSA) is 41.6 Å². The molecule has 0 spiro atoms. The highest BCUT2D eigenvalue weighted by Crippen LogP contribution is 2.23. The Labute approximate surface area is 123 Å². The Kier molecular flexibility index (Phi) is 6.87. The summed E-state index contributed by atoms with van der Waals surface area (Å²) in [5.74, 6) is 3.39. The number of piperazine rings is 1. The second-order valence-electron chi connectivity index (χ2n) is 6.37. The molecule has 0 unspecified atom stereocenters. The molecule has 1 aliphatic heterocycles. The van der Waals surface area contributed by atoms with E-state index in [9.17, 15) is 4.79 Å². The molecule has 1 saturated carbocycles. The van der Waals surface area contributed by atoms with E-state index in [2.05, 4.69) is 11.2 Å². The normalized spacial score (nSPS) is 19.8. The highest BCUT2D eigenvalue weighted by atomic mass is 16.6. The Morgan fingerprint density at radius 2 is 1.80 bits per heavy atom. The van der Waals surface area contributed by atoms with Gasteiger partial charge in [0.2, 0.25) is 0 Å². The number of carbonyl (C=O) groups is 1. The third-order valence-corrected chi connectivity index (χ3v) is 3.36. The second-order valence-corrected chi connectivity index (χ2v) is 6.37.